The van der Waals surface area contributed by atoms with Gasteiger partial charge in [-0.05, 0) is 30.5 Å². The zero-order valence-electron chi connectivity index (χ0n) is 9.40. The van der Waals surface area contributed by atoms with Crippen molar-refractivity contribution in [1.82, 2.24) is 4.90 Å². The average Bonchev–Trinajstić information content (AvgIpc) is 2.86. The van der Waals surface area contributed by atoms with Gasteiger partial charge >= 0.3 is 0 Å². The summed E-state index contributed by atoms with van der Waals surface area (Å²) in [4.78, 5) is 14.0. The van der Waals surface area contributed by atoms with Crippen LogP contribution in [0.1, 0.15) is 22.3 Å². The molecule has 1 unspecified atom stereocenters. The molecule has 17 heavy (non-hydrogen) atoms. The summed E-state index contributed by atoms with van der Waals surface area (Å²) in [5, 5.41) is 8.80. The van der Waals surface area contributed by atoms with Crippen LogP contribution in [-0.2, 0) is 0 Å². The molecule has 1 amide bonds. The number of rotatable bonds is 2. The fourth-order valence-corrected chi connectivity index (χ4v) is 2.30. The molecule has 0 aliphatic carbocycles. The van der Waals surface area contributed by atoms with Gasteiger partial charge in [-0.15, -0.1) is 11.6 Å². The molecule has 1 aliphatic heterocycles. The van der Waals surface area contributed by atoms with E-state index in [0.29, 0.717) is 22.9 Å². The number of carbonyl (C=O) groups is 1. The largest absolute Gasteiger partial charge is 0.338 e. The lowest BCUT2D eigenvalue weighted by Gasteiger charge is -2.16. The predicted octanol–water partition coefficient (Wildman–Crippen LogP) is 2.26. The maximum atomic E-state index is 12.2. The lowest BCUT2D eigenvalue weighted by atomic mass is 10.1. The second-order valence-electron chi connectivity index (χ2n) is 4.25. The summed E-state index contributed by atoms with van der Waals surface area (Å²) >= 11 is 5.79. The molecule has 1 aliphatic rings. The Morgan fingerprint density at radius 2 is 2.41 bits per heavy atom. The van der Waals surface area contributed by atoms with Gasteiger partial charge < -0.3 is 4.90 Å². The molecular weight excluding hydrogens is 236 g/mol. The first-order chi connectivity index (χ1) is 8.24. The number of hydrogen-bond donors (Lipinski definition) is 0. The lowest BCUT2D eigenvalue weighted by Crippen LogP contribution is -2.28. The zero-order chi connectivity index (χ0) is 12.3. The van der Waals surface area contributed by atoms with Crippen LogP contribution < -0.4 is 0 Å². The van der Waals surface area contributed by atoms with Gasteiger partial charge in [0.1, 0.15) is 0 Å². The van der Waals surface area contributed by atoms with Gasteiger partial charge in [-0.1, -0.05) is 6.07 Å². The number of hydrogen-bond acceptors (Lipinski definition) is 2. The topological polar surface area (TPSA) is 44.1 Å². The molecule has 4 heteroatoms. The fraction of sp³-hybridized carbons (Fsp3) is 0.385. The molecule has 1 saturated heterocycles. The Balaban J connectivity index is 2.12. The summed E-state index contributed by atoms with van der Waals surface area (Å²) < 4.78 is 0. The first kappa shape index (κ1) is 11.9. The van der Waals surface area contributed by atoms with Crippen molar-refractivity contribution in [3.63, 3.8) is 0 Å². The molecule has 0 bridgehead atoms. The molecule has 1 fully saturated rings. The summed E-state index contributed by atoms with van der Waals surface area (Å²) in [6.45, 7) is 1.48. The second kappa shape index (κ2) is 5.20. The summed E-state index contributed by atoms with van der Waals surface area (Å²) in [7, 11) is 0. The van der Waals surface area contributed by atoms with E-state index >= 15 is 0 Å². The number of amides is 1. The van der Waals surface area contributed by atoms with Crippen molar-refractivity contribution in [3.8, 4) is 6.07 Å². The van der Waals surface area contributed by atoms with E-state index in [2.05, 4.69) is 0 Å². The Hall–Kier alpha value is -1.53. The number of likely N-dealkylation sites (tertiary alicyclic amines) is 1. The Morgan fingerprint density at radius 3 is 3.06 bits per heavy atom. The molecule has 1 aromatic carbocycles. The summed E-state index contributed by atoms with van der Waals surface area (Å²) in [6, 6.07) is 8.86. The van der Waals surface area contributed by atoms with E-state index in [4.69, 9.17) is 16.9 Å². The number of nitriles is 1. The minimum Gasteiger partial charge on any atom is -0.338 e. The van der Waals surface area contributed by atoms with E-state index in [0.717, 1.165) is 19.5 Å². The molecule has 0 aromatic heterocycles. The van der Waals surface area contributed by atoms with Gasteiger partial charge in [0.2, 0.25) is 0 Å². The minimum atomic E-state index is -0.00489. The van der Waals surface area contributed by atoms with Crippen molar-refractivity contribution in [2.24, 2.45) is 5.92 Å². The van der Waals surface area contributed by atoms with Crippen molar-refractivity contribution in [3.05, 3.63) is 35.4 Å². The van der Waals surface area contributed by atoms with Crippen molar-refractivity contribution >= 4 is 17.5 Å². The minimum absolute atomic E-state index is 0.00489. The molecule has 2 rings (SSSR count). The van der Waals surface area contributed by atoms with Crippen LogP contribution in [0.4, 0.5) is 0 Å². The molecule has 0 radical (unpaired) electrons. The Morgan fingerprint density at radius 1 is 1.59 bits per heavy atom. The van der Waals surface area contributed by atoms with E-state index in [1.54, 1.807) is 24.3 Å². The average molecular weight is 249 g/mol. The number of benzene rings is 1. The molecule has 0 N–H and O–H groups in total. The van der Waals surface area contributed by atoms with Crippen molar-refractivity contribution in [1.29, 1.82) is 5.26 Å². The smallest absolute Gasteiger partial charge is 0.253 e. The van der Waals surface area contributed by atoms with Crippen molar-refractivity contribution < 1.29 is 4.79 Å². The van der Waals surface area contributed by atoms with E-state index in [-0.39, 0.29) is 5.91 Å². The van der Waals surface area contributed by atoms with Gasteiger partial charge in [-0.3, -0.25) is 4.79 Å². The van der Waals surface area contributed by atoms with E-state index < -0.39 is 0 Å². The highest BCUT2D eigenvalue weighted by Crippen LogP contribution is 2.20. The van der Waals surface area contributed by atoms with E-state index in [1.165, 1.54) is 0 Å². The van der Waals surface area contributed by atoms with Gasteiger partial charge in [0.25, 0.3) is 5.91 Å². The van der Waals surface area contributed by atoms with Crippen LogP contribution in [0.15, 0.2) is 24.3 Å². The summed E-state index contributed by atoms with van der Waals surface area (Å²) in [5.41, 5.74) is 1.10. The van der Waals surface area contributed by atoms with Crippen LogP contribution in [-0.4, -0.2) is 29.8 Å². The standard InChI is InChI=1S/C13H13ClN2O/c14-7-11-4-5-16(9-11)13(17)12-3-1-2-10(6-12)8-15/h1-3,6,11H,4-5,7,9H2. The summed E-state index contributed by atoms with van der Waals surface area (Å²) in [5.74, 6) is 0.997. The number of alkyl halides is 1. The Kier molecular flexibility index (Phi) is 3.65. The molecule has 0 spiro atoms. The van der Waals surface area contributed by atoms with Crippen LogP contribution in [0, 0.1) is 17.2 Å². The maximum Gasteiger partial charge on any atom is 0.253 e. The molecule has 88 valence electrons. The van der Waals surface area contributed by atoms with Crippen LogP contribution in [0.3, 0.4) is 0 Å². The SMILES string of the molecule is N#Cc1cccc(C(=O)N2CCC(CCl)C2)c1. The lowest BCUT2D eigenvalue weighted by molar-refractivity contribution is 0.0788. The second-order valence-corrected chi connectivity index (χ2v) is 4.56. The first-order valence-electron chi connectivity index (χ1n) is 5.60. The third kappa shape index (κ3) is 2.59. The van der Waals surface area contributed by atoms with Crippen molar-refractivity contribution in [2.75, 3.05) is 19.0 Å². The molecule has 0 saturated carbocycles. The molecule has 1 aromatic rings. The van der Waals surface area contributed by atoms with Crippen LogP contribution in [0.2, 0.25) is 0 Å². The van der Waals surface area contributed by atoms with Gasteiger partial charge in [0.05, 0.1) is 11.6 Å². The van der Waals surface area contributed by atoms with Gasteiger partial charge in [-0.2, -0.15) is 5.26 Å². The quantitative estimate of drug-likeness (QED) is 0.754. The van der Waals surface area contributed by atoms with Crippen molar-refractivity contribution in [2.45, 2.75) is 6.42 Å². The highest BCUT2D eigenvalue weighted by Gasteiger charge is 2.26. The first-order valence-corrected chi connectivity index (χ1v) is 6.13. The maximum absolute atomic E-state index is 12.2. The third-order valence-corrected chi connectivity index (χ3v) is 3.47. The Bertz CT molecular complexity index is 467. The number of carbonyl (C=O) groups excluding carboxylic acids is 1. The van der Waals surface area contributed by atoms with E-state index in [9.17, 15) is 4.79 Å². The molecule has 1 atom stereocenters. The number of halogens is 1. The van der Waals surface area contributed by atoms with Gasteiger partial charge in [0, 0.05) is 24.5 Å². The van der Waals surface area contributed by atoms with Gasteiger partial charge in [-0.25, -0.2) is 0 Å². The molecule has 3 nitrogen and oxygen atoms in total. The van der Waals surface area contributed by atoms with Crippen LogP contribution in [0.5, 0.6) is 0 Å². The third-order valence-electron chi connectivity index (χ3n) is 3.03. The van der Waals surface area contributed by atoms with Crippen LogP contribution >= 0.6 is 11.6 Å². The molecular formula is C13H13ClN2O. The summed E-state index contributed by atoms with van der Waals surface area (Å²) in [6.07, 6.45) is 0.965. The fourth-order valence-electron chi connectivity index (χ4n) is 2.05. The van der Waals surface area contributed by atoms with E-state index in [1.807, 2.05) is 11.0 Å². The Labute approximate surface area is 106 Å². The highest BCUT2D eigenvalue weighted by molar-refractivity contribution is 6.18. The molecule has 1 heterocycles. The monoisotopic (exact) mass is 248 g/mol. The predicted molar refractivity (Wildman–Crippen MR) is 65.9 cm³/mol. The van der Waals surface area contributed by atoms with Gasteiger partial charge in [0.15, 0.2) is 0 Å². The number of nitrogens with zero attached hydrogens (tertiary/aromatic N) is 2. The highest BCUT2D eigenvalue weighted by atomic mass is 35.5. The zero-order valence-corrected chi connectivity index (χ0v) is 10.2. The van der Waals surface area contributed by atoms with Crippen LogP contribution in [0.25, 0.3) is 0 Å². The normalized spacial score (nSPS) is 19.1.